The van der Waals surface area contributed by atoms with Gasteiger partial charge >= 0.3 is 0 Å². The number of amides is 3. The van der Waals surface area contributed by atoms with Gasteiger partial charge in [-0.15, -0.1) is 0 Å². The van der Waals surface area contributed by atoms with Gasteiger partial charge in [-0.3, -0.25) is 19.3 Å². The number of nitrogens with one attached hydrogen (secondary N) is 1. The molecule has 1 aliphatic heterocycles. The van der Waals surface area contributed by atoms with E-state index in [-0.39, 0.29) is 30.7 Å². The van der Waals surface area contributed by atoms with Crippen LogP contribution in [0.3, 0.4) is 0 Å². The summed E-state index contributed by atoms with van der Waals surface area (Å²) >= 11 is 0. The highest BCUT2D eigenvalue weighted by Crippen LogP contribution is 2.30. The van der Waals surface area contributed by atoms with Crippen molar-refractivity contribution < 1.29 is 14.4 Å². The van der Waals surface area contributed by atoms with Crippen molar-refractivity contribution in [2.45, 2.75) is 33.2 Å². The summed E-state index contributed by atoms with van der Waals surface area (Å²) in [4.78, 5) is 39.8. The number of para-hydroxylation sites is 1. The quantitative estimate of drug-likeness (QED) is 0.411. The third-order valence-corrected chi connectivity index (χ3v) is 6.55. The SMILES string of the molecule is Cc1nn(-c2ccccc2)c(C)c1CNC(=O)CCCN1C(=O)c2cccc3cccc(c23)C1=O. The van der Waals surface area contributed by atoms with E-state index in [1.54, 1.807) is 12.1 Å². The van der Waals surface area contributed by atoms with Crippen LogP contribution in [0.4, 0.5) is 0 Å². The molecule has 35 heavy (non-hydrogen) atoms. The zero-order valence-corrected chi connectivity index (χ0v) is 19.7. The van der Waals surface area contributed by atoms with Crippen molar-refractivity contribution in [3.8, 4) is 5.69 Å². The van der Waals surface area contributed by atoms with Gasteiger partial charge in [0.2, 0.25) is 5.91 Å². The van der Waals surface area contributed by atoms with Crippen molar-refractivity contribution in [2.75, 3.05) is 6.54 Å². The predicted octanol–water partition coefficient (Wildman–Crippen LogP) is 4.33. The average molecular weight is 467 g/mol. The lowest BCUT2D eigenvalue weighted by Gasteiger charge is -2.27. The van der Waals surface area contributed by atoms with Crippen LogP contribution < -0.4 is 5.32 Å². The maximum atomic E-state index is 13.0. The van der Waals surface area contributed by atoms with E-state index >= 15 is 0 Å². The number of aromatic nitrogens is 2. The molecule has 1 aromatic heterocycles. The Balaban J connectivity index is 1.20. The molecule has 1 aliphatic rings. The molecule has 0 fully saturated rings. The number of rotatable bonds is 7. The van der Waals surface area contributed by atoms with Gasteiger partial charge in [0.05, 0.1) is 11.4 Å². The highest BCUT2D eigenvalue weighted by molar-refractivity contribution is 6.25. The summed E-state index contributed by atoms with van der Waals surface area (Å²) in [5.74, 6) is -0.741. The number of hydrogen-bond acceptors (Lipinski definition) is 4. The molecule has 4 aromatic rings. The lowest BCUT2D eigenvalue weighted by Crippen LogP contribution is -2.41. The molecule has 2 heterocycles. The first-order valence-corrected chi connectivity index (χ1v) is 11.7. The Kier molecular flexibility index (Phi) is 5.91. The number of imide groups is 1. The van der Waals surface area contributed by atoms with Gasteiger partial charge in [-0.25, -0.2) is 4.68 Å². The van der Waals surface area contributed by atoms with Gasteiger partial charge in [0.25, 0.3) is 11.8 Å². The lowest BCUT2D eigenvalue weighted by atomic mass is 9.94. The van der Waals surface area contributed by atoms with Crippen molar-refractivity contribution in [1.29, 1.82) is 0 Å². The van der Waals surface area contributed by atoms with Crippen LogP contribution in [0, 0.1) is 13.8 Å². The van der Waals surface area contributed by atoms with Gasteiger partial charge in [-0.05, 0) is 49.9 Å². The molecule has 7 heteroatoms. The van der Waals surface area contributed by atoms with Crippen LogP contribution in [0.5, 0.6) is 0 Å². The van der Waals surface area contributed by atoms with Gasteiger partial charge in [0, 0.05) is 47.3 Å². The third-order valence-electron chi connectivity index (χ3n) is 6.55. The van der Waals surface area contributed by atoms with E-state index in [0.717, 1.165) is 28.0 Å². The molecule has 0 radical (unpaired) electrons. The number of aryl methyl sites for hydroxylation is 1. The summed E-state index contributed by atoms with van der Waals surface area (Å²) in [6.45, 7) is 4.49. The summed E-state index contributed by atoms with van der Waals surface area (Å²) in [6.07, 6.45) is 0.608. The minimum Gasteiger partial charge on any atom is -0.352 e. The minimum absolute atomic E-state index is 0.129. The van der Waals surface area contributed by atoms with Gasteiger partial charge in [0.15, 0.2) is 0 Å². The molecular weight excluding hydrogens is 440 g/mol. The van der Waals surface area contributed by atoms with Crippen molar-refractivity contribution in [2.24, 2.45) is 0 Å². The molecular formula is C28H26N4O3. The van der Waals surface area contributed by atoms with Gasteiger partial charge < -0.3 is 5.32 Å². The fourth-order valence-electron chi connectivity index (χ4n) is 4.71. The predicted molar refractivity (Wildman–Crippen MR) is 133 cm³/mol. The highest BCUT2D eigenvalue weighted by atomic mass is 16.2. The van der Waals surface area contributed by atoms with E-state index in [2.05, 4.69) is 10.4 Å². The number of nitrogens with zero attached hydrogens (tertiary/aromatic N) is 3. The lowest BCUT2D eigenvalue weighted by molar-refractivity contribution is -0.121. The molecule has 0 aliphatic carbocycles. The fraction of sp³-hybridized carbons (Fsp3) is 0.214. The van der Waals surface area contributed by atoms with Crippen LogP contribution >= 0.6 is 0 Å². The first kappa shape index (κ1) is 22.5. The van der Waals surface area contributed by atoms with Crippen LogP contribution in [0.2, 0.25) is 0 Å². The Morgan fingerprint density at radius 3 is 2.20 bits per heavy atom. The molecule has 0 saturated carbocycles. The Hall–Kier alpha value is -4.26. The van der Waals surface area contributed by atoms with Gasteiger partial charge in [-0.2, -0.15) is 5.10 Å². The van der Waals surface area contributed by atoms with E-state index in [0.29, 0.717) is 29.5 Å². The molecule has 176 valence electrons. The summed E-state index contributed by atoms with van der Waals surface area (Å²) < 4.78 is 1.88. The van der Waals surface area contributed by atoms with Gasteiger partial charge in [0.1, 0.15) is 0 Å². The van der Waals surface area contributed by atoms with E-state index in [4.69, 9.17) is 0 Å². The van der Waals surface area contributed by atoms with Crippen molar-refractivity contribution in [3.05, 3.63) is 94.8 Å². The number of carbonyl (C=O) groups excluding carboxylic acids is 3. The monoisotopic (exact) mass is 466 g/mol. The maximum absolute atomic E-state index is 13.0. The van der Waals surface area contributed by atoms with Crippen LogP contribution in [-0.4, -0.2) is 38.9 Å². The minimum atomic E-state index is -0.306. The van der Waals surface area contributed by atoms with Crippen LogP contribution in [0.25, 0.3) is 16.5 Å². The molecule has 0 atom stereocenters. The molecule has 1 N–H and O–H groups in total. The molecule has 7 nitrogen and oxygen atoms in total. The molecule has 0 unspecified atom stereocenters. The summed E-state index contributed by atoms with van der Waals surface area (Å²) in [7, 11) is 0. The standard InChI is InChI=1S/C28H26N4O3/c1-18-24(19(2)32(30-18)21-11-4-3-5-12-21)17-29-25(33)15-8-16-31-27(34)22-13-6-9-20-10-7-14-23(26(20)22)28(31)35/h3-7,9-14H,8,15-17H2,1-2H3,(H,29,33). The second kappa shape index (κ2) is 9.18. The molecule has 0 spiro atoms. The second-order valence-electron chi connectivity index (χ2n) is 8.75. The highest BCUT2D eigenvalue weighted by Gasteiger charge is 2.32. The zero-order valence-electron chi connectivity index (χ0n) is 19.7. The summed E-state index contributed by atoms with van der Waals surface area (Å²) in [5, 5.41) is 9.16. The molecule has 0 bridgehead atoms. The smallest absolute Gasteiger partial charge is 0.261 e. The van der Waals surface area contributed by atoms with Gasteiger partial charge in [-0.1, -0.05) is 42.5 Å². The van der Waals surface area contributed by atoms with Crippen molar-refractivity contribution >= 4 is 28.5 Å². The third kappa shape index (κ3) is 4.10. The first-order valence-electron chi connectivity index (χ1n) is 11.7. The van der Waals surface area contributed by atoms with Crippen LogP contribution in [0.1, 0.15) is 50.5 Å². The number of hydrogen-bond donors (Lipinski definition) is 1. The second-order valence-corrected chi connectivity index (χ2v) is 8.75. The molecule has 5 rings (SSSR count). The Morgan fingerprint density at radius 2 is 1.54 bits per heavy atom. The van der Waals surface area contributed by atoms with E-state index < -0.39 is 0 Å². The van der Waals surface area contributed by atoms with Crippen molar-refractivity contribution in [3.63, 3.8) is 0 Å². The van der Waals surface area contributed by atoms with E-state index in [9.17, 15) is 14.4 Å². The zero-order chi connectivity index (χ0) is 24.5. The Morgan fingerprint density at radius 1 is 0.886 bits per heavy atom. The van der Waals surface area contributed by atoms with E-state index in [1.807, 2.05) is 73.1 Å². The molecule has 3 aromatic carbocycles. The van der Waals surface area contributed by atoms with Crippen molar-refractivity contribution in [1.82, 2.24) is 20.0 Å². The largest absolute Gasteiger partial charge is 0.352 e. The topological polar surface area (TPSA) is 84.3 Å². The Labute approximate surface area is 203 Å². The summed E-state index contributed by atoms with van der Waals surface area (Å²) in [5.41, 5.74) is 4.86. The summed E-state index contributed by atoms with van der Waals surface area (Å²) in [6, 6.07) is 20.8. The number of carbonyl (C=O) groups is 3. The van der Waals surface area contributed by atoms with Crippen LogP contribution in [-0.2, 0) is 11.3 Å². The number of benzene rings is 3. The normalized spacial score (nSPS) is 12.9. The maximum Gasteiger partial charge on any atom is 0.261 e. The first-order chi connectivity index (χ1) is 17.0. The molecule has 3 amide bonds. The Bertz CT molecular complexity index is 1410. The van der Waals surface area contributed by atoms with Crippen LogP contribution in [0.15, 0.2) is 66.7 Å². The van der Waals surface area contributed by atoms with E-state index in [1.165, 1.54) is 4.90 Å². The molecule has 0 saturated heterocycles. The fourth-order valence-corrected chi connectivity index (χ4v) is 4.71. The average Bonchev–Trinajstić information content (AvgIpc) is 3.16.